The number of amides is 1. The average Bonchev–Trinajstić information content (AvgIpc) is 2.98. The zero-order valence-corrected chi connectivity index (χ0v) is 17.7. The van der Waals surface area contributed by atoms with Gasteiger partial charge in [0.2, 0.25) is 0 Å². The summed E-state index contributed by atoms with van der Waals surface area (Å²) in [4.78, 5) is 32.4. The van der Waals surface area contributed by atoms with Crippen molar-refractivity contribution >= 4 is 17.6 Å². The number of hydrogen-bond acceptors (Lipinski definition) is 5. The number of carbonyl (C=O) groups is 2. The van der Waals surface area contributed by atoms with Gasteiger partial charge in [-0.05, 0) is 32.5 Å². The fraction of sp³-hybridized carbons (Fsp3) is 0.565. The normalized spacial score (nSPS) is 22.4. The summed E-state index contributed by atoms with van der Waals surface area (Å²) >= 11 is 0. The molecule has 3 aliphatic heterocycles. The quantitative estimate of drug-likeness (QED) is 0.733. The lowest BCUT2D eigenvalue weighted by Gasteiger charge is -2.41. The van der Waals surface area contributed by atoms with Crippen molar-refractivity contribution in [1.82, 2.24) is 9.80 Å². The van der Waals surface area contributed by atoms with Crippen LogP contribution in [-0.2, 0) is 14.3 Å². The summed E-state index contributed by atoms with van der Waals surface area (Å²) in [5.41, 5.74) is 2.83. The summed E-state index contributed by atoms with van der Waals surface area (Å²) < 4.78 is 5.82. The highest BCUT2D eigenvalue weighted by Crippen LogP contribution is 2.42. The minimum absolute atomic E-state index is 0.0122. The molecule has 2 saturated heterocycles. The molecule has 0 aromatic heterocycles. The number of aryl methyl sites for hydroxylation is 1. The van der Waals surface area contributed by atoms with Crippen LogP contribution in [0, 0.1) is 6.92 Å². The van der Waals surface area contributed by atoms with Crippen LogP contribution in [0.15, 0.2) is 35.4 Å². The van der Waals surface area contributed by atoms with E-state index in [1.54, 1.807) is 6.92 Å². The average molecular weight is 398 g/mol. The van der Waals surface area contributed by atoms with Crippen molar-refractivity contribution in [2.45, 2.75) is 39.2 Å². The van der Waals surface area contributed by atoms with Crippen LogP contribution in [0.25, 0.3) is 0 Å². The molecule has 0 bridgehead atoms. The second-order valence-corrected chi connectivity index (χ2v) is 8.43. The molecule has 29 heavy (non-hydrogen) atoms. The van der Waals surface area contributed by atoms with E-state index < -0.39 is 5.60 Å². The van der Waals surface area contributed by atoms with E-state index in [1.165, 1.54) is 11.3 Å². The molecule has 4 rings (SSSR count). The molecule has 0 atom stereocenters. The van der Waals surface area contributed by atoms with Crippen LogP contribution >= 0.6 is 0 Å². The van der Waals surface area contributed by atoms with E-state index >= 15 is 0 Å². The third kappa shape index (κ3) is 3.66. The first-order chi connectivity index (χ1) is 13.9. The Kier molecular flexibility index (Phi) is 5.38. The fourth-order valence-electron chi connectivity index (χ4n) is 4.77. The summed E-state index contributed by atoms with van der Waals surface area (Å²) in [6, 6.07) is 8.52. The van der Waals surface area contributed by atoms with E-state index in [-0.39, 0.29) is 11.9 Å². The number of hydrogen-bond donors (Lipinski definition) is 0. The fourth-order valence-corrected chi connectivity index (χ4v) is 4.77. The molecule has 0 N–H and O–H groups in total. The van der Waals surface area contributed by atoms with Crippen LogP contribution in [0.5, 0.6) is 0 Å². The second kappa shape index (κ2) is 7.82. The lowest BCUT2D eigenvalue weighted by Crippen LogP contribution is -2.53. The van der Waals surface area contributed by atoms with Crippen LogP contribution in [0.3, 0.4) is 0 Å². The monoisotopic (exact) mass is 397 g/mol. The number of rotatable bonds is 3. The number of piperazine rings is 1. The number of anilines is 1. The van der Waals surface area contributed by atoms with Crippen LogP contribution in [0.4, 0.5) is 5.69 Å². The van der Waals surface area contributed by atoms with E-state index in [0.717, 1.165) is 32.7 Å². The molecule has 0 unspecified atom stereocenters. The molecule has 0 radical (unpaired) electrons. The summed E-state index contributed by atoms with van der Waals surface area (Å²) in [6.45, 7) is 11.6. The maximum Gasteiger partial charge on any atom is 0.335 e. The third-order valence-corrected chi connectivity index (χ3v) is 6.72. The van der Waals surface area contributed by atoms with Gasteiger partial charge in [-0.15, -0.1) is 0 Å². The van der Waals surface area contributed by atoms with Crippen molar-refractivity contribution in [2.75, 3.05) is 50.7 Å². The first kappa shape index (κ1) is 20.0. The highest BCUT2D eigenvalue weighted by Gasteiger charge is 2.51. The highest BCUT2D eigenvalue weighted by atomic mass is 16.6. The molecule has 3 aliphatic rings. The molecule has 2 fully saturated rings. The van der Waals surface area contributed by atoms with Gasteiger partial charge in [0, 0.05) is 63.4 Å². The number of esters is 1. The molecule has 1 spiro atoms. The zero-order chi connectivity index (χ0) is 20.6. The summed E-state index contributed by atoms with van der Waals surface area (Å²) in [7, 11) is 0. The summed E-state index contributed by atoms with van der Waals surface area (Å²) in [5, 5.41) is 0. The molecule has 1 aromatic carbocycles. The molecule has 1 aromatic rings. The smallest absolute Gasteiger partial charge is 0.335 e. The molecule has 6 nitrogen and oxygen atoms in total. The van der Waals surface area contributed by atoms with Crippen molar-refractivity contribution in [3.8, 4) is 0 Å². The number of carbonyl (C=O) groups excluding carboxylic acids is 2. The number of benzene rings is 1. The predicted molar refractivity (Wildman–Crippen MR) is 113 cm³/mol. The van der Waals surface area contributed by atoms with Gasteiger partial charge in [-0.2, -0.15) is 0 Å². The second-order valence-electron chi connectivity index (χ2n) is 8.43. The lowest BCUT2D eigenvalue weighted by atomic mass is 9.82. The SMILES string of the molecule is CCN1CCC2(CC1)OC(=O)C(C)=C2C(=O)N1CCN(c2ccc(C)cc2)CC1. The van der Waals surface area contributed by atoms with Gasteiger partial charge in [-0.3, -0.25) is 4.79 Å². The minimum atomic E-state index is -0.724. The topological polar surface area (TPSA) is 53.1 Å². The Morgan fingerprint density at radius 3 is 2.21 bits per heavy atom. The molecule has 1 amide bonds. The number of piperidine rings is 1. The standard InChI is InChI=1S/C23H31N3O3/c1-4-24-11-9-23(10-12-24)20(18(3)22(28)29-23)21(27)26-15-13-25(14-16-26)19-7-5-17(2)6-8-19/h5-8H,4,9-16H2,1-3H3. The number of likely N-dealkylation sites (tertiary alicyclic amines) is 1. The Bertz CT molecular complexity index is 814. The van der Waals surface area contributed by atoms with Crippen molar-refractivity contribution in [2.24, 2.45) is 0 Å². The third-order valence-electron chi connectivity index (χ3n) is 6.72. The van der Waals surface area contributed by atoms with Crippen LogP contribution in [0.1, 0.15) is 32.3 Å². The molecule has 156 valence electrons. The first-order valence-electron chi connectivity index (χ1n) is 10.7. The first-order valence-corrected chi connectivity index (χ1v) is 10.7. The molecule has 3 heterocycles. The van der Waals surface area contributed by atoms with Gasteiger partial charge in [0.05, 0.1) is 5.57 Å². The van der Waals surface area contributed by atoms with Crippen molar-refractivity contribution < 1.29 is 14.3 Å². The lowest BCUT2D eigenvalue weighted by molar-refractivity contribution is -0.151. The van der Waals surface area contributed by atoms with Gasteiger partial charge in [0.25, 0.3) is 5.91 Å². The van der Waals surface area contributed by atoms with E-state index in [0.29, 0.717) is 37.1 Å². The Hall–Kier alpha value is -2.34. The molecular weight excluding hydrogens is 366 g/mol. The van der Waals surface area contributed by atoms with Crippen molar-refractivity contribution in [3.63, 3.8) is 0 Å². The Labute approximate surface area is 173 Å². The summed E-state index contributed by atoms with van der Waals surface area (Å²) in [5.74, 6) is -0.335. The summed E-state index contributed by atoms with van der Waals surface area (Å²) in [6.07, 6.45) is 1.41. The zero-order valence-electron chi connectivity index (χ0n) is 17.7. The molecular formula is C23H31N3O3. The van der Waals surface area contributed by atoms with Crippen LogP contribution < -0.4 is 4.90 Å². The van der Waals surface area contributed by atoms with Gasteiger partial charge in [-0.25, -0.2) is 4.79 Å². The van der Waals surface area contributed by atoms with Gasteiger partial charge < -0.3 is 19.4 Å². The number of nitrogens with zero attached hydrogens (tertiary/aromatic N) is 3. The van der Waals surface area contributed by atoms with Gasteiger partial charge >= 0.3 is 5.97 Å². The minimum Gasteiger partial charge on any atom is -0.450 e. The Morgan fingerprint density at radius 2 is 1.62 bits per heavy atom. The van der Waals surface area contributed by atoms with E-state index in [9.17, 15) is 9.59 Å². The van der Waals surface area contributed by atoms with Gasteiger partial charge in [-0.1, -0.05) is 24.6 Å². The van der Waals surface area contributed by atoms with Crippen LogP contribution in [0.2, 0.25) is 0 Å². The van der Waals surface area contributed by atoms with Crippen LogP contribution in [-0.4, -0.2) is 73.1 Å². The molecule has 6 heteroatoms. The Balaban J connectivity index is 1.47. The predicted octanol–water partition coefficient (Wildman–Crippen LogP) is 2.37. The Morgan fingerprint density at radius 1 is 1.00 bits per heavy atom. The van der Waals surface area contributed by atoms with E-state index in [2.05, 4.69) is 47.9 Å². The number of ether oxygens (including phenoxy) is 1. The largest absolute Gasteiger partial charge is 0.450 e. The highest BCUT2D eigenvalue weighted by molar-refractivity contribution is 6.07. The van der Waals surface area contributed by atoms with Crippen molar-refractivity contribution in [1.29, 1.82) is 0 Å². The maximum atomic E-state index is 13.5. The van der Waals surface area contributed by atoms with Gasteiger partial charge in [0.15, 0.2) is 0 Å². The molecule has 0 saturated carbocycles. The van der Waals surface area contributed by atoms with E-state index in [4.69, 9.17) is 4.74 Å². The maximum absolute atomic E-state index is 13.5. The van der Waals surface area contributed by atoms with E-state index in [1.807, 2.05) is 4.90 Å². The molecule has 0 aliphatic carbocycles. The van der Waals surface area contributed by atoms with Crippen molar-refractivity contribution in [3.05, 3.63) is 41.0 Å². The van der Waals surface area contributed by atoms with Gasteiger partial charge in [0.1, 0.15) is 5.60 Å².